The molecule has 5 nitrogen and oxygen atoms in total. The lowest BCUT2D eigenvalue weighted by Gasteiger charge is -2.23. The molecular formula is C19H27NO4. The van der Waals surface area contributed by atoms with Gasteiger partial charge < -0.3 is 14.4 Å². The molecular weight excluding hydrogens is 306 g/mol. The van der Waals surface area contributed by atoms with Gasteiger partial charge >= 0.3 is 5.97 Å². The second-order valence-electron chi connectivity index (χ2n) is 5.54. The summed E-state index contributed by atoms with van der Waals surface area (Å²) < 4.78 is 10.1. The van der Waals surface area contributed by atoms with Gasteiger partial charge in [0.05, 0.1) is 19.6 Å². The first-order chi connectivity index (χ1) is 11.5. The number of carbonyl (C=O) groups excluding carboxylic acids is 2. The first-order valence-electron chi connectivity index (χ1n) is 8.29. The van der Waals surface area contributed by atoms with Gasteiger partial charge in [-0.1, -0.05) is 26.0 Å². The van der Waals surface area contributed by atoms with Crippen molar-refractivity contribution in [2.45, 2.75) is 27.2 Å². The van der Waals surface area contributed by atoms with E-state index in [0.29, 0.717) is 19.7 Å². The SMILES string of the molecule is CCCN(CC(C)C(=O)OC)C(=O)/C=C/c1ccc(OCC)cc1. The molecule has 1 atom stereocenters. The molecule has 0 radical (unpaired) electrons. The average Bonchev–Trinajstić information content (AvgIpc) is 2.59. The van der Waals surface area contributed by atoms with Crippen LogP contribution in [0.5, 0.6) is 5.75 Å². The van der Waals surface area contributed by atoms with Crippen LogP contribution in [0.2, 0.25) is 0 Å². The van der Waals surface area contributed by atoms with Gasteiger partial charge in [0.15, 0.2) is 0 Å². The molecule has 0 bridgehead atoms. The van der Waals surface area contributed by atoms with E-state index in [4.69, 9.17) is 9.47 Å². The van der Waals surface area contributed by atoms with E-state index in [1.165, 1.54) is 13.2 Å². The zero-order chi connectivity index (χ0) is 17.9. The second kappa shape index (κ2) is 10.5. The van der Waals surface area contributed by atoms with Crippen LogP contribution in [0.3, 0.4) is 0 Å². The predicted octanol–water partition coefficient (Wildman–Crippen LogP) is 3.15. The Hall–Kier alpha value is -2.30. The number of ether oxygens (including phenoxy) is 2. The number of benzene rings is 1. The van der Waals surface area contributed by atoms with Crippen molar-refractivity contribution in [1.29, 1.82) is 0 Å². The molecule has 1 amide bonds. The summed E-state index contributed by atoms with van der Waals surface area (Å²) in [7, 11) is 1.36. The Morgan fingerprint density at radius 2 is 1.88 bits per heavy atom. The summed E-state index contributed by atoms with van der Waals surface area (Å²) in [5, 5.41) is 0. The average molecular weight is 333 g/mol. The van der Waals surface area contributed by atoms with Crippen LogP contribution in [-0.4, -0.2) is 43.6 Å². The summed E-state index contributed by atoms with van der Waals surface area (Å²) in [5.41, 5.74) is 0.921. The molecule has 0 spiro atoms. The van der Waals surface area contributed by atoms with Crippen LogP contribution < -0.4 is 4.74 Å². The lowest BCUT2D eigenvalue weighted by atomic mass is 10.1. The van der Waals surface area contributed by atoms with Crippen molar-refractivity contribution in [1.82, 2.24) is 4.90 Å². The molecule has 0 aliphatic carbocycles. The fourth-order valence-electron chi connectivity index (χ4n) is 2.28. The van der Waals surface area contributed by atoms with Gasteiger partial charge in [-0.2, -0.15) is 0 Å². The third-order valence-corrected chi connectivity index (χ3v) is 3.51. The smallest absolute Gasteiger partial charge is 0.310 e. The molecule has 1 rings (SSSR count). The summed E-state index contributed by atoms with van der Waals surface area (Å²) in [6.45, 7) is 7.28. The van der Waals surface area contributed by atoms with Crippen molar-refractivity contribution in [3.05, 3.63) is 35.9 Å². The quantitative estimate of drug-likeness (QED) is 0.514. The minimum absolute atomic E-state index is 0.110. The molecule has 0 aliphatic rings. The number of esters is 1. The van der Waals surface area contributed by atoms with E-state index in [1.807, 2.05) is 38.1 Å². The molecule has 0 saturated carbocycles. The third kappa shape index (κ3) is 6.44. The van der Waals surface area contributed by atoms with Crippen LogP contribution in [-0.2, 0) is 14.3 Å². The summed E-state index contributed by atoms with van der Waals surface area (Å²) in [4.78, 5) is 25.6. The van der Waals surface area contributed by atoms with Crippen LogP contribution in [0.25, 0.3) is 6.08 Å². The van der Waals surface area contributed by atoms with E-state index in [9.17, 15) is 9.59 Å². The van der Waals surface area contributed by atoms with Gasteiger partial charge in [-0.25, -0.2) is 0 Å². The van der Waals surface area contributed by atoms with Gasteiger partial charge in [0.2, 0.25) is 5.91 Å². The number of amides is 1. The maximum absolute atomic E-state index is 12.4. The Labute approximate surface area is 144 Å². The molecule has 0 aliphatic heterocycles. The van der Waals surface area contributed by atoms with Crippen molar-refractivity contribution in [2.24, 2.45) is 5.92 Å². The minimum atomic E-state index is -0.343. The van der Waals surface area contributed by atoms with E-state index < -0.39 is 0 Å². The molecule has 0 N–H and O–H groups in total. The molecule has 132 valence electrons. The highest BCUT2D eigenvalue weighted by Gasteiger charge is 2.19. The van der Waals surface area contributed by atoms with Crippen LogP contribution >= 0.6 is 0 Å². The van der Waals surface area contributed by atoms with Gasteiger partial charge in [0.25, 0.3) is 0 Å². The number of nitrogens with zero attached hydrogens (tertiary/aromatic N) is 1. The standard InChI is InChI=1S/C19H27NO4/c1-5-13-20(14-15(3)19(22)23-4)18(21)12-9-16-7-10-17(11-8-16)24-6-2/h7-12,15H,5-6,13-14H2,1-4H3/b12-9+. The fraction of sp³-hybridized carbons (Fsp3) is 0.474. The molecule has 0 fully saturated rings. The highest BCUT2D eigenvalue weighted by molar-refractivity contribution is 5.92. The van der Waals surface area contributed by atoms with Crippen molar-refractivity contribution < 1.29 is 19.1 Å². The van der Waals surface area contributed by atoms with E-state index in [2.05, 4.69) is 0 Å². The Kier molecular flexibility index (Phi) is 8.61. The Morgan fingerprint density at radius 3 is 2.42 bits per heavy atom. The molecule has 1 unspecified atom stereocenters. The topological polar surface area (TPSA) is 55.8 Å². The van der Waals surface area contributed by atoms with Gasteiger partial charge in [-0.05, 0) is 37.1 Å². The highest BCUT2D eigenvalue weighted by atomic mass is 16.5. The molecule has 24 heavy (non-hydrogen) atoms. The van der Waals surface area contributed by atoms with E-state index >= 15 is 0 Å². The largest absolute Gasteiger partial charge is 0.494 e. The zero-order valence-electron chi connectivity index (χ0n) is 15.0. The van der Waals surface area contributed by atoms with Gasteiger partial charge in [0.1, 0.15) is 5.75 Å². The van der Waals surface area contributed by atoms with Crippen molar-refractivity contribution in [3.63, 3.8) is 0 Å². The lowest BCUT2D eigenvalue weighted by molar-refractivity contribution is -0.146. The first-order valence-corrected chi connectivity index (χ1v) is 8.29. The van der Waals surface area contributed by atoms with Crippen molar-refractivity contribution >= 4 is 18.0 Å². The number of carbonyl (C=O) groups is 2. The fourth-order valence-corrected chi connectivity index (χ4v) is 2.28. The zero-order valence-corrected chi connectivity index (χ0v) is 15.0. The van der Waals surface area contributed by atoms with Gasteiger partial charge in [-0.15, -0.1) is 0 Å². The summed E-state index contributed by atoms with van der Waals surface area (Å²) >= 11 is 0. The minimum Gasteiger partial charge on any atom is -0.494 e. The normalized spacial score (nSPS) is 12.0. The van der Waals surface area contributed by atoms with Crippen LogP contribution in [0.15, 0.2) is 30.3 Å². The third-order valence-electron chi connectivity index (χ3n) is 3.51. The van der Waals surface area contributed by atoms with Gasteiger partial charge in [-0.3, -0.25) is 9.59 Å². The Bertz CT molecular complexity index is 551. The molecule has 5 heteroatoms. The Balaban J connectivity index is 2.71. The second-order valence-corrected chi connectivity index (χ2v) is 5.54. The van der Waals surface area contributed by atoms with Crippen molar-refractivity contribution in [2.75, 3.05) is 26.8 Å². The summed E-state index contributed by atoms with van der Waals surface area (Å²) in [6, 6.07) is 7.54. The molecule has 0 saturated heterocycles. The summed E-state index contributed by atoms with van der Waals surface area (Å²) in [5.74, 6) is 0.0470. The maximum Gasteiger partial charge on any atom is 0.310 e. The molecule has 0 aromatic heterocycles. The molecule has 1 aromatic rings. The van der Waals surface area contributed by atoms with Crippen LogP contribution in [0.1, 0.15) is 32.8 Å². The molecule has 1 aromatic carbocycles. The predicted molar refractivity (Wildman–Crippen MR) is 94.7 cm³/mol. The first kappa shape index (κ1) is 19.7. The van der Waals surface area contributed by atoms with E-state index in [0.717, 1.165) is 17.7 Å². The monoisotopic (exact) mass is 333 g/mol. The molecule has 0 heterocycles. The number of rotatable bonds is 9. The summed E-state index contributed by atoms with van der Waals surface area (Å²) in [6.07, 6.45) is 4.13. The van der Waals surface area contributed by atoms with E-state index in [1.54, 1.807) is 17.9 Å². The highest BCUT2D eigenvalue weighted by Crippen LogP contribution is 2.13. The number of hydrogen-bond acceptors (Lipinski definition) is 4. The lowest BCUT2D eigenvalue weighted by Crippen LogP contribution is -2.36. The van der Waals surface area contributed by atoms with Crippen molar-refractivity contribution in [3.8, 4) is 5.75 Å². The van der Waals surface area contributed by atoms with Gasteiger partial charge in [0, 0.05) is 19.2 Å². The van der Waals surface area contributed by atoms with E-state index in [-0.39, 0.29) is 17.8 Å². The number of methoxy groups -OCH3 is 1. The van der Waals surface area contributed by atoms with Crippen LogP contribution in [0.4, 0.5) is 0 Å². The Morgan fingerprint density at radius 1 is 1.21 bits per heavy atom. The maximum atomic E-state index is 12.4. The number of hydrogen-bond donors (Lipinski definition) is 0. The van der Waals surface area contributed by atoms with Crippen LogP contribution in [0, 0.1) is 5.92 Å².